The van der Waals surface area contributed by atoms with Gasteiger partial charge in [0.1, 0.15) is 13.3 Å². The van der Waals surface area contributed by atoms with Crippen molar-refractivity contribution in [2.75, 3.05) is 33.4 Å². The molecule has 0 aliphatic rings. The lowest BCUT2D eigenvalue weighted by Gasteiger charge is -2.17. The fraction of sp³-hybridized carbons (Fsp3) is 0.462. The number of carbonyl (C=O) groups excluding carboxylic acids is 1. The number of likely N-dealkylation sites (N-methyl/N-ethyl adjacent to an activating group) is 1. The minimum Gasteiger partial charge on any atom is -0.445 e. The van der Waals surface area contributed by atoms with E-state index in [0.29, 0.717) is 19.6 Å². The molecule has 0 fully saturated rings. The number of hydrogen-bond donors (Lipinski definition) is 1. The molecule has 18 heavy (non-hydrogen) atoms. The third kappa shape index (κ3) is 5.63. The second kappa shape index (κ2) is 8.47. The van der Waals surface area contributed by atoms with E-state index >= 15 is 0 Å². The zero-order valence-electron chi connectivity index (χ0n) is 10.6. The molecule has 1 amide bonds. The van der Waals surface area contributed by atoms with Gasteiger partial charge >= 0.3 is 6.09 Å². The second-order valence-electron chi connectivity index (χ2n) is 3.90. The number of hydrogen-bond acceptors (Lipinski definition) is 3. The average Bonchev–Trinajstić information content (AvgIpc) is 2.42. The number of halogens is 1. The first-order valence-corrected chi connectivity index (χ1v) is 5.92. The van der Waals surface area contributed by atoms with E-state index < -0.39 is 6.67 Å². The Kier molecular flexibility index (Phi) is 6.79. The Morgan fingerprint density at radius 1 is 1.33 bits per heavy atom. The Morgan fingerprint density at radius 3 is 2.72 bits per heavy atom. The summed E-state index contributed by atoms with van der Waals surface area (Å²) in [5.74, 6) is 0. The summed E-state index contributed by atoms with van der Waals surface area (Å²) in [5.41, 5.74) is 0.954. The average molecular weight is 254 g/mol. The van der Waals surface area contributed by atoms with E-state index in [1.807, 2.05) is 30.3 Å². The molecule has 1 aromatic carbocycles. The fourth-order valence-electron chi connectivity index (χ4n) is 1.36. The number of ether oxygens (including phenoxy) is 1. The minimum absolute atomic E-state index is 0.266. The van der Waals surface area contributed by atoms with E-state index in [4.69, 9.17) is 4.74 Å². The van der Waals surface area contributed by atoms with Crippen molar-refractivity contribution in [2.45, 2.75) is 6.61 Å². The van der Waals surface area contributed by atoms with Crippen molar-refractivity contribution >= 4 is 6.09 Å². The number of nitrogens with zero attached hydrogens (tertiary/aromatic N) is 1. The van der Waals surface area contributed by atoms with Gasteiger partial charge in [0.2, 0.25) is 0 Å². The van der Waals surface area contributed by atoms with Gasteiger partial charge in [-0.15, -0.1) is 0 Å². The molecule has 0 saturated heterocycles. The molecule has 1 aromatic rings. The van der Waals surface area contributed by atoms with Gasteiger partial charge in [0.05, 0.1) is 0 Å². The lowest BCUT2D eigenvalue weighted by molar-refractivity contribution is 0.105. The van der Waals surface area contributed by atoms with Gasteiger partial charge in [-0.3, -0.25) is 0 Å². The fourth-order valence-corrected chi connectivity index (χ4v) is 1.36. The molecule has 0 spiro atoms. The third-order valence-corrected chi connectivity index (χ3v) is 2.41. The van der Waals surface area contributed by atoms with Crippen molar-refractivity contribution in [1.82, 2.24) is 10.2 Å². The Morgan fingerprint density at radius 2 is 2.06 bits per heavy atom. The lowest BCUT2D eigenvalue weighted by Crippen LogP contribution is -2.34. The summed E-state index contributed by atoms with van der Waals surface area (Å²) in [6.07, 6.45) is -0.374. The highest BCUT2D eigenvalue weighted by atomic mass is 19.1. The zero-order chi connectivity index (χ0) is 13.2. The maximum absolute atomic E-state index is 11.8. The van der Waals surface area contributed by atoms with Crippen molar-refractivity contribution in [1.29, 1.82) is 0 Å². The molecule has 5 heteroatoms. The van der Waals surface area contributed by atoms with Gasteiger partial charge in [-0.2, -0.15) is 0 Å². The van der Waals surface area contributed by atoms with Crippen molar-refractivity contribution in [3.63, 3.8) is 0 Å². The normalized spacial score (nSPS) is 10.1. The highest BCUT2D eigenvalue weighted by Gasteiger charge is 2.09. The number of amides is 1. The predicted molar refractivity (Wildman–Crippen MR) is 68.1 cm³/mol. The predicted octanol–water partition coefficient (Wildman–Crippen LogP) is 1.81. The van der Waals surface area contributed by atoms with Crippen LogP contribution in [0.25, 0.3) is 0 Å². The molecule has 0 saturated carbocycles. The summed E-state index contributed by atoms with van der Waals surface area (Å²) in [5, 5.41) is 2.87. The molecule has 0 aromatic heterocycles. The van der Waals surface area contributed by atoms with Crippen LogP contribution in [0.15, 0.2) is 30.3 Å². The number of benzene rings is 1. The van der Waals surface area contributed by atoms with Crippen molar-refractivity contribution in [3.8, 4) is 0 Å². The van der Waals surface area contributed by atoms with Crippen LogP contribution in [0, 0.1) is 0 Å². The van der Waals surface area contributed by atoms with Gasteiger partial charge in [-0.1, -0.05) is 30.3 Å². The van der Waals surface area contributed by atoms with Crippen LogP contribution >= 0.6 is 0 Å². The molecule has 0 bridgehead atoms. The van der Waals surface area contributed by atoms with Crippen LogP contribution in [-0.4, -0.2) is 44.3 Å². The van der Waals surface area contributed by atoms with Crippen LogP contribution < -0.4 is 5.32 Å². The van der Waals surface area contributed by atoms with E-state index in [-0.39, 0.29) is 12.7 Å². The monoisotopic (exact) mass is 254 g/mol. The van der Waals surface area contributed by atoms with Crippen molar-refractivity contribution in [2.24, 2.45) is 0 Å². The quantitative estimate of drug-likeness (QED) is 0.755. The van der Waals surface area contributed by atoms with Gasteiger partial charge in [-0.25, -0.2) is 9.18 Å². The lowest BCUT2D eigenvalue weighted by atomic mass is 10.2. The maximum Gasteiger partial charge on any atom is 0.409 e. The van der Waals surface area contributed by atoms with Crippen LogP contribution in [0.2, 0.25) is 0 Å². The zero-order valence-corrected chi connectivity index (χ0v) is 10.6. The summed E-state index contributed by atoms with van der Waals surface area (Å²) < 4.78 is 16.9. The molecule has 0 aliphatic heterocycles. The third-order valence-electron chi connectivity index (χ3n) is 2.41. The molecule has 0 aliphatic carbocycles. The first-order chi connectivity index (χ1) is 8.74. The van der Waals surface area contributed by atoms with E-state index in [1.165, 1.54) is 4.90 Å². The Labute approximate surface area is 107 Å². The molecular weight excluding hydrogens is 235 g/mol. The topological polar surface area (TPSA) is 41.6 Å². The van der Waals surface area contributed by atoms with Crippen molar-refractivity contribution in [3.05, 3.63) is 35.9 Å². The van der Waals surface area contributed by atoms with E-state index in [0.717, 1.165) is 5.56 Å². The Balaban J connectivity index is 2.19. The highest BCUT2D eigenvalue weighted by Crippen LogP contribution is 2.02. The van der Waals surface area contributed by atoms with Crippen LogP contribution in [0.1, 0.15) is 5.56 Å². The molecule has 4 nitrogen and oxygen atoms in total. The molecule has 0 radical (unpaired) electrons. The first-order valence-electron chi connectivity index (χ1n) is 5.92. The van der Waals surface area contributed by atoms with E-state index in [1.54, 1.807) is 7.05 Å². The number of alkyl halides is 1. The summed E-state index contributed by atoms with van der Waals surface area (Å²) in [6.45, 7) is 1.23. The standard InChI is InChI=1S/C13H19FN2O2/c1-16(10-9-15-8-7-14)13(17)18-11-12-5-3-2-4-6-12/h2-6,15H,7-11H2,1H3. The minimum atomic E-state index is -0.401. The number of nitrogens with one attached hydrogen (secondary N) is 1. The largest absolute Gasteiger partial charge is 0.445 e. The number of rotatable bonds is 7. The smallest absolute Gasteiger partial charge is 0.409 e. The first kappa shape index (κ1) is 14.4. The van der Waals surface area contributed by atoms with Gasteiger partial charge in [0, 0.05) is 26.7 Å². The van der Waals surface area contributed by atoms with Crippen molar-refractivity contribution < 1.29 is 13.9 Å². The highest BCUT2D eigenvalue weighted by molar-refractivity contribution is 5.67. The molecule has 0 atom stereocenters. The molecule has 1 N–H and O–H groups in total. The molecule has 1 rings (SSSR count). The van der Waals surface area contributed by atoms with E-state index in [2.05, 4.69) is 5.32 Å². The van der Waals surface area contributed by atoms with Gasteiger partial charge in [0.15, 0.2) is 0 Å². The summed E-state index contributed by atoms with van der Waals surface area (Å²) in [4.78, 5) is 13.0. The van der Waals surface area contributed by atoms with E-state index in [9.17, 15) is 9.18 Å². The summed E-state index contributed by atoms with van der Waals surface area (Å²) >= 11 is 0. The SMILES string of the molecule is CN(CCNCCF)C(=O)OCc1ccccc1. The second-order valence-corrected chi connectivity index (χ2v) is 3.90. The number of carbonyl (C=O) groups is 1. The van der Waals surface area contributed by atoms with Gasteiger partial charge in [-0.05, 0) is 5.56 Å². The summed E-state index contributed by atoms with van der Waals surface area (Å²) in [6, 6.07) is 9.50. The molecule has 0 heterocycles. The van der Waals surface area contributed by atoms with Crippen LogP contribution in [0.4, 0.5) is 9.18 Å². The van der Waals surface area contributed by atoms with Crippen LogP contribution in [0.5, 0.6) is 0 Å². The molecule has 100 valence electrons. The van der Waals surface area contributed by atoms with Crippen LogP contribution in [0.3, 0.4) is 0 Å². The maximum atomic E-state index is 11.8. The Hall–Kier alpha value is -1.62. The summed E-state index contributed by atoms with van der Waals surface area (Å²) in [7, 11) is 1.66. The van der Waals surface area contributed by atoms with Crippen LogP contribution in [-0.2, 0) is 11.3 Å². The molecular formula is C13H19FN2O2. The molecule has 0 unspecified atom stereocenters. The Bertz CT molecular complexity index is 346. The van der Waals surface area contributed by atoms with Gasteiger partial charge in [0.25, 0.3) is 0 Å². The van der Waals surface area contributed by atoms with Gasteiger partial charge < -0.3 is 15.0 Å².